The van der Waals surface area contributed by atoms with Crippen LogP contribution in [0.15, 0.2) is 60.7 Å². The first-order valence-corrected chi connectivity index (χ1v) is 12.6. The summed E-state index contributed by atoms with van der Waals surface area (Å²) in [7, 11) is 0. The van der Waals surface area contributed by atoms with Crippen molar-refractivity contribution < 1.29 is 33.6 Å². The molecule has 0 aromatic heterocycles. The molecule has 0 spiro atoms. The second-order valence-electron chi connectivity index (χ2n) is 8.27. The standard InChI is InChI=1S/C30H34O7/c1-4-34-27-9-7-8-10-28(27)37-26-16-12-22(14-18-30(33)36-6-3)20-24(26)23-19-21(11-15-25(23)31)13-17-29(32)35-5-2/h7-12,15-16,19-20,31H,4-6,13-14,17-18H2,1-3H3. The summed E-state index contributed by atoms with van der Waals surface area (Å²) in [6.07, 6.45) is 1.43. The molecule has 0 fully saturated rings. The summed E-state index contributed by atoms with van der Waals surface area (Å²) in [5, 5.41) is 10.8. The summed E-state index contributed by atoms with van der Waals surface area (Å²) in [5.74, 6) is 1.21. The number of carbonyl (C=O) groups is 2. The zero-order valence-electron chi connectivity index (χ0n) is 21.6. The highest BCUT2D eigenvalue weighted by Gasteiger charge is 2.16. The van der Waals surface area contributed by atoms with E-state index in [0.29, 0.717) is 61.0 Å². The van der Waals surface area contributed by atoms with Crippen molar-refractivity contribution in [3.8, 4) is 34.1 Å². The van der Waals surface area contributed by atoms with Crippen LogP contribution in [0.3, 0.4) is 0 Å². The predicted octanol–water partition coefficient (Wildman–Crippen LogP) is 6.24. The van der Waals surface area contributed by atoms with Gasteiger partial charge in [-0.05, 0) is 81.1 Å². The number of ether oxygens (including phenoxy) is 4. The van der Waals surface area contributed by atoms with Crippen molar-refractivity contribution in [2.24, 2.45) is 0 Å². The van der Waals surface area contributed by atoms with Crippen LogP contribution in [-0.2, 0) is 31.9 Å². The topological polar surface area (TPSA) is 91.3 Å². The van der Waals surface area contributed by atoms with Crippen molar-refractivity contribution in [2.45, 2.75) is 46.5 Å². The lowest BCUT2D eigenvalue weighted by molar-refractivity contribution is -0.144. The van der Waals surface area contributed by atoms with Gasteiger partial charge in [0.2, 0.25) is 0 Å². The average Bonchev–Trinajstić information content (AvgIpc) is 2.89. The molecule has 7 nitrogen and oxygen atoms in total. The predicted molar refractivity (Wildman–Crippen MR) is 141 cm³/mol. The first-order valence-electron chi connectivity index (χ1n) is 12.6. The maximum Gasteiger partial charge on any atom is 0.306 e. The number of para-hydroxylation sites is 2. The van der Waals surface area contributed by atoms with Crippen LogP contribution in [0.5, 0.6) is 23.0 Å². The van der Waals surface area contributed by atoms with Crippen LogP contribution in [0, 0.1) is 0 Å². The normalized spacial score (nSPS) is 10.6. The maximum atomic E-state index is 11.9. The Labute approximate surface area is 217 Å². The van der Waals surface area contributed by atoms with Crippen LogP contribution in [0.25, 0.3) is 11.1 Å². The monoisotopic (exact) mass is 506 g/mol. The average molecular weight is 507 g/mol. The largest absolute Gasteiger partial charge is 0.507 e. The lowest BCUT2D eigenvalue weighted by atomic mass is 9.96. The molecule has 0 heterocycles. The highest BCUT2D eigenvalue weighted by atomic mass is 16.5. The van der Waals surface area contributed by atoms with Gasteiger partial charge in [0.15, 0.2) is 11.5 Å². The molecule has 0 aliphatic heterocycles. The Hall–Kier alpha value is -4.00. The van der Waals surface area contributed by atoms with Crippen LogP contribution in [0.1, 0.15) is 44.7 Å². The maximum absolute atomic E-state index is 11.9. The molecule has 0 aliphatic carbocycles. The van der Waals surface area contributed by atoms with Gasteiger partial charge in [-0.15, -0.1) is 0 Å². The number of hydrogen-bond donors (Lipinski definition) is 1. The van der Waals surface area contributed by atoms with Gasteiger partial charge in [0, 0.05) is 24.0 Å². The molecule has 0 unspecified atom stereocenters. The van der Waals surface area contributed by atoms with Gasteiger partial charge in [-0.3, -0.25) is 9.59 Å². The second-order valence-corrected chi connectivity index (χ2v) is 8.27. The Kier molecular flexibility index (Phi) is 10.4. The number of esters is 2. The molecule has 0 bridgehead atoms. The first-order chi connectivity index (χ1) is 17.9. The highest BCUT2D eigenvalue weighted by molar-refractivity contribution is 5.78. The van der Waals surface area contributed by atoms with Gasteiger partial charge >= 0.3 is 11.9 Å². The van der Waals surface area contributed by atoms with Gasteiger partial charge in [0.05, 0.1) is 19.8 Å². The Morgan fingerprint density at radius 3 is 1.84 bits per heavy atom. The summed E-state index contributed by atoms with van der Waals surface area (Å²) < 4.78 is 22.1. The number of aryl methyl sites for hydroxylation is 2. The van der Waals surface area contributed by atoms with Crippen molar-refractivity contribution in [1.29, 1.82) is 0 Å². The van der Waals surface area contributed by atoms with Crippen LogP contribution >= 0.6 is 0 Å². The van der Waals surface area contributed by atoms with E-state index in [4.69, 9.17) is 18.9 Å². The van der Waals surface area contributed by atoms with Gasteiger partial charge in [-0.25, -0.2) is 0 Å². The second kappa shape index (κ2) is 13.9. The summed E-state index contributed by atoms with van der Waals surface area (Å²) in [5.41, 5.74) is 2.98. The van der Waals surface area contributed by atoms with E-state index in [2.05, 4.69) is 0 Å². The van der Waals surface area contributed by atoms with E-state index >= 15 is 0 Å². The van der Waals surface area contributed by atoms with Crippen LogP contribution in [0.2, 0.25) is 0 Å². The molecule has 1 N–H and O–H groups in total. The zero-order chi connectivity index (χ0) is 26.6. The third kappa shape index (κ3) is 8.00. The van der Waals surface area contributed by atoms with E-state index in [1.165, 1.54) is 0 Å². The van der Waals surface area contributed by atoms with Crippen molar-refractivity contribution in [3.05, 3.63) is 71.8 Å². The highest BCUT2D eigenvalue weighted by Crippen LogP contribution is 2.41. The van der Waals surface area contributed by atoms with E-state index in [-0.39, 0.29) is 30.5 Å². The Morgan fingerprint density at radius 2 is 1.24 bits per heavy atom. The van der Waals surface area contributed by atoms with E-state index < -0.39 is 0 Å². The van der Waals surface area contributed by atoms with E-state index in [1.807, 2.05) is 55.5 Å². The molecule has 0 amide bonds. The fourth-order valence-electron chi connectivity index (χ4n) is 3.87. The van der Waals surface area contributed by atoms with Crippen LogP contribution < -0.4 is 9.47 Å². The SMILES string of the molecule is CCOC(=O)CCc1ccc(O)c(-c2cc(CCC(=O)OCC)ccc2Oc2ccccc2OCC)c1. The number of rotatable bonds is 13. The summed E-state index contributed by atoms with van der Waals surface area (Å²) >= 11 is 0. The number of hydrogen-bond acceptors (Lipinski definition) is 7. The van der Waals surface area contributed by atoms with Gasteiger partial charge in [0.25, 0.3) is 0 Å². The molecule has 0 saturated carbocycles. The molecule has 0 saturated heterocycles. The number of phenolic OH excluding ortho intramolecular Hbond substituents is 1. The number of carbonyl (C=O) groups excluding carboxylic acids is 2. The molecule has 0 atom stereocenters. The van der Waals surface area contributed by atoms with E-state index in [9.17, 15) is 14.7 Å². The first kappa shape index (κ1) is 27.6. The lowest BCUT2D eigenvalue weighted by Gasteiger charge is -2.17. The van der Waals surface area contributed by atoms with E-state index in [0.717, 1.165) is 11.1 Å². The molecule has 37 heavy (non-hydrogen) atoms. The van der Waals surface area contributed by atoms with Gasteiger partial charge in [-0.1, -0.05) is 24.3 Å². The zero-order valence-corrected chi connectivity index (χ0v) is 21.6. The number of phenols is 1. The van der Waals surface area contributed by atoms with E-state index in [1.54, 1.807) is 26.0 Å². The third-order valence-corrected chi connectivity index (χ3v) is 5.61. The number of aromatic hydroxyl groups is 1. The van der Waals surface area contributed by atoms with Crippen molar-refractivity contribution in [2.75, 3.05) is 19.8 Å². The molecular weight excluding hydrogens is 472 g/mol. The smallest absolute Gasteiger partial charge is 0.306 e. The van der Waals surface area contributed by atoms with Crippen molar-refractivity contribution in [1.82, 2.24) is 0 Å². The molecule has 3 rings (SSSR count). The molecule has 7 heteroatoms. The fraction of sp³-hybridized carbons (Fsp3) is 0.333. The van der Waals surface area contributed by atoms with Crippen LogP contribution in [-0.4, -0.2) is 36.9 Å². The van der Waals surface area contributed by atoms with Gasteiger partial charge in [0.1, 0.15) is 11.5 Å². The van der Waals surface area contributed by atoms with Crippen molar-refractivity contribution >= 4 is 11.9 Å². The lowest BCUT2D eigenvalue weighted by Crippen LogP contribution is -2.05. The minimum Gasteiger partial charge on any atom is -0.507 e. The van der Waals surface area contributed by atoms with Crippen LogP contribution in [0.4, 0.5) is 0 Å². The molecule has 3 aromatic carbocycles. The molecule has 3 aromatic rings. The summed E-state index contributed by atoms with van der Waals surface area (Å²) in [6.45, 7) is 6.62. The molecule has 0 aliphatic rings. The summed E-state index contributed by atoms with van der Waals surface area (Å²) in [6, 6.07) is 18.2. The molecule has 0 radical (unpaired) electrons. The summed E-state index contributed by atoms with van der Waals surface area (Å²) in [4.78, 5) is 23.8. The quantitative estimate of drug-likeness (QED) is 0.274. The Morgan fingerprint density at radius 1 is 0.676 bits per heavy atom. The van der Waals surface area contributed by atoms with Gasteiger partial charge in [-0.2, -0.15) is 0 Å². The minimum absolute atomic E-state index is 0.0744. The minimum atomic E-state index is -0.269. The Bertz CT molecular complexity index is 1200. The van der Waals surface area contributed by atoms with Crippen molar-refractivity contribution in [3.63, 3.8) is 0 Å². The molecular formula is C30H34O7. The fourth-order valence-corrected chi connectivity index (χ4v) is 3.87. The van der Waals surface area contributed by atoms with Gasteiger partial charge < -0.3 is 24.1 Å². The number of benzene rings is 3. The third-order valence-electron chi connectivity index (χ3n) is 5.61. The Balaban J connectivity index is 1.99. The molecule has 196 valence electrons.